The summed E-state index contributed by atoms with van der Waals surface area (Å²) in [6.07, 6.45) is 4.37. The van der Waals surface area contributed by atoms with Gasteiger partial charge in [-0.05, 0) is 30.5 Å². The van der Waals surface area contributed by atoms with Crippen LogP contribution in [0.4, 0.5) is 4.39 Å². The average Bonchev–Trinajstić information content (AvgIpc) is 2.95. The molecule has 1 N–H and O–H groups in total. The molecule has 1 saturated carbocycles. The van der Waals surface area contributed by atoms with Crippen molar-refractivity contribution >= 4 is 11.6 Å². The predicted molar refractivity (Wildman–Crippen MR) is 68.1 cm³/mol. The minimum atomic E-state index is -1.28. The van der Waals surface area contributed by atoms with Crippen molar-refractivity contribution in [2.24, 2.45) is 0 Å². The number of nitrogens with zero attached hydrogens (tertiary/aromatic N) is 3. The van der Waals surface area contributed by atoms with E-state index in [2.05, 4.69) is 10.1 Å². The van der Waals surface area contributed by atoms with Crippen LogP contribution in [0.15, 0.2) is 36.9 Å². The van der Waals surface area contributed by atoms with Crippen molar-refractivity contribution in [3.8, 4) is 0 Å². The van der Waals surface area contributed by atoms with Gasteiger partial charge in [-0.25, -0.2) is 14.1 Å². The van der Waals surface area contributed by atoms with Gasteiger partial charge in [-0.1, -0.05) is 12.1 Å². The third-order valence-corrected chi connectivity index (χ3v) is 4.30. The Labute approximate surface area is 114 Å². The van der Waals surface area contributed by atoms with Gasteiger partial charge in [0.15, 0.2) is 0 Å². The first-order valence-corrected chi connectivity index (χ1v) is 6.41. The number of benzene rings is 1. The maximum absolute atomic E-state index is 13.0. The number of alkyl halides is 1. The molecule has 19 heavy (non-hydrogen) atoms. The molecule has 1 aliphatic rings. The fraction of sp³-hybridized carbons (Fsp3) is 0.385. The lowest BCUT2D eigenvalue weighted by Crippen LogP contribution is -2.42. The summed E-state index contributed by atoms with van der Waals surface area (Å²) in [5, 5.41) is 15.0. The number of hydrogen-bond donors (Lipinski definition) is 1. The molecule has 1 unspecified atom stereocenters. The molecular weight excluding hydrogens is 269 g/mol. The molecular formula is C13H13ClFN3O. The highest BCUT2D eigenvalue weighted by Gasteiger charge is 2.59. The van der Waals surface area contributed by atoms with Crippen molar-refractivity contribution in [3.05, 3.63) is 48.3 Å². The van der Waals surface area contributed by atoms with Gasteiger partial charge in [0.25, 0.3) is 0 Å². The predicted octanol–water partition coefficient (Wildman–Crippen LogP) is 2.08. The molecule has 1 aromatic carbocycles. The molecule has 1 aliphatic carbocycles. The van der Waals surface area contributed by atoms with Crippen LogP contribution >= 0.6 is 11.6 Å². The van der Waals surface area contributed by atoms with Crippen molar-refractivity contribution in [2.75, 3.05) is 0 Å². The Bertz CT molecular complexity index is 568. The van der Waals surface area contributed by atoms with E-state index in [1.807, 2.05) is 0 Å². The summed E-state index contributed by atoms with van der Waals surface area (Å²) in [7, 11) is 0. The molecule has 4 nitrogen and oxygen atoms in total. The van der Waals surface area contributed by atoms with Gasteiger partial charge in [0.1, 0.15) is 24.1 Å². The highest BCUT2D eigenvalue weighted by Crippen LogP contribution is 2.56. The number of halogens is 2. The molecule has 1 atom stereocenters. The summed E-state index contributed by atoms with van der Waals surface area (Å²) in [5.41, 5.74) is -0.687. The van der Waals surface area contributed by atoms with Gasteiger partial charge in [0, 0.05) is 0 Å². The van der Waals surface area contributed by atoms with Crippen LogP contribution in [-0.4, -0.2) is 24.7 Å². The smallest absolute Gasteiger partial charge is 0.137 e. The van der Waals surface area contributed by atoms with E-state index >= 15 is 0 Å². The normalized spacial score (nSPS) is 19.9. The van der Waals surface area contributed by atoms with Crippen molar-refractivity contribution < 1.29 is 9.50 Å². The van der Waals surface area contributed by atoms with Gasteiger partial charge in [-0.3, -0.25) is 0 Å². The quantitative estimate of drug-likeness (QED) is 0.873. The molecule has 6 heteroatoms. The summed E-state index contributed by atoms with van der Waals surface area (Å²) < 4.78 is 14.6. The largest absolute Gasteiger partial charge is 0.381 e. The second-order valence-electron chi connectivity index (χ2n) is 4.93. The number of aromatic nitrogens is 3. The lowest BCUT2D eigenvalue weighted by atomic mass is 9.88. The number of aliphatic hydroxyl groups is 1. The number of rotatable bonds is 4. The Balaban J connectivity index is 1.99. The number of hydrogen-bond acceptors (Lipinski definition) is 3. The van der Waals surface area contributed by atoms with Crippen LogP contribution in [0.5, 0.6) is 0 Å². The zero-order chi connectivity index (χ0) is 13.5. The Morgan fingerprint density at radius 1 is 1.37 bits per heavy atom. The average molecular weight is 282 g/mol. The fourth-order valence-electron chi connectivity index (χ4n) is 2.29. The second kappa shape index (κ2) is 4.28. The van der Waals surface area contributed by atoms with Crippen LogP contribution in [0, 0.1) is 5.82 Å². The van der Waals surface area contributed by atoms with Gasteiger partial charge in [0.05, 0.1) is 11.4 Å². The van der Waals surface area contributed by atoms with Crippen molar-refractivity contribution in [3.63, 3.8) is 0 Å². The van der Waals surface area contributed by atoms with Crippen molar-refractivity contribution in [1.82, 2.24) is 14.8 Å². The zero-order valence-corrected chi connectivity index (χ0v) is 10.9. The highest BCUT2D eigenvalue weighted by molar-refractivity contribution is 6.26. The summed E-state index contributed by atoms with van der Waals surface area (Å²) in [4.78, 5) is 3.14. The zero-order valence-electron chi connectivity index (χ0n) is 10.1. The Hall–Kier alpha value is -1.46. The second-order valence-corrected chi connectivity index (χ2v) is 5.65. The van der Waals surface area contributed by atoms with Crippen LogP contribution in [0.1, 0.15) is 18.4 Å². The fourth-order valence-corrected chi connectivity index (χ4v) is 2.55. The molecule has 0 bridgehead atoms. The minimum Gasteiger partial charge on any atom is -0.381 e. The molecule has 1 fully saturated rings. The van der Waals surface area contributed by atoms with Crippen molar-refractivity contribution in [2.45, 2.75) is 29.9 Å². The molecule has 1 aromatic heterocycles. The maximum Gasteiger partial charge on any atom is 0.137 e. The molecule has 0 saturated heterocycles. The van der Waals surface area contributed by atoms with E-state index in [0.29, 0.717) is 5.56 Å². The molecule has 100 valence electrons. The molecule has 0 amide bonds. The summed E-state index contributed by atoms with van der Waals surface area (Å²) >= 11 is 6.44. The van der Waals surface area contributed by atoms with Crippen LogP contribution in [-0.2, 0) is 12.1 Å². The summed E-state index contributed by atoms with van der Waals surface area (Å²) in [6.45, 7) is 0.197. The SMILES string of the molecule is OC(Cn1cncn1)(c1ccc(F)cc1)C1(Cl)CC1. The van der Waals surface area contributed by atoms with Crippen molar-refractivity contribution in [1.29, 1.82) is 0 Å². The first kappa shape index (κ1) is 12.6. The summed E-state index contributed by atoms with van der Waals surface area (Å²) in [5.74, 6) is -0.341. The maximum atomic E-state index is 13.0. The van der Waals surface area contributed by atoms with E-state index in [-0.39, 0.29) is 12.4 Å². The molecule has 0 aliphatic heterocycles. The van der Waals surface area contributed by atoms with E-state index in [9.17, 15) is 9.50 Å². The molecule has 0 spiro atoms. The van der Waals surface area contributed by atoms with Crippen LogP contribution in [0.2, 0.25) is 0 Å². The van der Waals surface area contributed by atoms with E-state index in [0.717, 1.165) is 12.8 Å². The molecule has 1 heterocycles. The lowest BCUT2D eigenvalue weighted by molar-refractivity contribution is 0.00251. The van der Waals surface area contributed by atoms with Crippen LogP contribution in [0.3, 0.4) is 0 Å². The molecule has 0 radical (unpaired) electrons. The van der Waals surface area contributed by atoms with E-state index in [1.54, 1.807) is 12.1 Å². The van der Waals surface area contributed by atoms with Gasteiger partial charge in [0.2, 0.25) is 0 Å². The standard InChI is InChI=1S/C13H13ClFN3O/c14-12(5-6-12)13(19,7-18-9-16-8-17-18)10-1-3-11(15)4-2-10/h1-4,8-9,19H,5-7H2. The Morgan fingerprint density at radius 2 is 2.05 bits per heavy atom. The van der Waals surface area contributed by atoms with Gasteiger partial charge >= 0.3 is 0 Å². The van der Waals surface area contributed by atoms with Crippen LogP contribution < -0.4 is 0 Å². The lowest BCUT2D eigenvalue weighted by Gasteiger charge is -2.33. The molecule has 2 aromatic rings. The van der Waals surface area contributed by atoms with E-state index < -0.39 is 10.5 Å². The first-order valence-electron chi connectivity index (χ1n) is 6.03. The Kier molecular flexibility index (Phi) is 2.83. The van der Waals surface area contributed by atoms with E-state index in [4.69, 9.17) is 11.6 Å². The van der Waals surface area contributed by atoms with Gasteiger partial charge in [-0.15, -0.1) is 11.6 Å². The summed E-state index contributed by atoms with van der Waals surface area (Å²) in [6, 6.07) is 5.78. The minimum absolute atomic E-state index is 0.197. The van der Waals surface area contributed by atoms with Crippen LogP contribution in [0.25, 0.3) is 0 Å². The highest BCUT2D eigenvalue weighted by atomic mass is 35.5. The van der Waals surface area contributed by atoms with Gasteiger partial charge < -0.3 is 5.11 Å². The third-order valence-electron chi connectivity index (χ3n) is 3.61. The van der Waals surface area contributed by atoms with Gasteiger partial charge in [-0.2, -0.15) is 5.10 Å². The topological polar surface area (TPSA) is 50.9 Å². The molecule has 3 rings (SSSR count). The van der Waals surface area contributed by atoms with E-state index in [1.165, 1.54) is 29.5 Å². The third kappa shape index (κ3) is 2.13. The Morgan fingerprint density at radius 3 is 2.58 bits per heavy atom. The monoisotopic (exact) mass is 281 g/mol. The first-order chi connectivity index (χ1) is 9.03.